The highest BCUT2D eigenvalue weighted by Gasteiger charge is 2.09. The molecule has 2 rings (SSSR count). The first-order valence-electron chi connectivity index (χ1n) is 8.60. The van der Waals surface area contributed by atoms with Crippen LogP contribution < -0.4 is 10.6 Å². The SMILES string of the molecule is O=[N+]([O-])c1ccc(NCCCCC(CO)Nc2ccc([N+](=O)[O-])cc2)cc1. The molecule has 0 heterocycles. The zero-order valence-corrected chi connectivity index (χ0v) is 14.7. The topological polar surface area (TPSA) is 131 Å². The van der Waals surface area contributed by atoms with E-state index in [2.05, 4.69) is 10.6 Å². The molecule has 9 heteroatoms. The van der Waals surface area contributed by atoms with Crippen LogP contribution in [0.2, 0.25) is 0 Å². The van der Waals surface area contributed by atoms with Crippen molar-refractivity contribution in [2.45, 2.75) is 25.3 Å². The lowest BCUT2D eigenvalue weighted by Gasteiger charge is -2.17. The van der Waals surface area contributed by atoms with E-state index in [9.17, 15) is 25.3 Å². The van der Waals surface area contributed by atoms with Gasteiger partial charge in [0, 0.05) is 48.2 Å². The van der Waals surface area contributed by atoms with Gasteiger partial charge in [-0.3, -0.25) is 20.2 Å². The Kier molecular flexibility index (Phi) is 7.50. The Balaban J connectivity index is 1.69. The van der Waals surface area contributed by atoms with Crippen molar-refractivity contribution in [3.63, 3.8) is 0 Å². The van der Waals surface area contributed by atoms with Gasteiger partial charge < -0.3 is 15.7 Å². The maximum atomic E-state index is 10.7. The van der Waals surface area contributed by atoms with Gasteiger partial charge in [-0.05, 0) is 43.5 Å². The average molecular weight is 374 g/mol. The summed E-state index contributed by atoms with van der Waals surface area (Å²) >= 11 is 0. The van der Waals surface area contributed by atoms with Gasteiger partial charge in [0.15, 0.2) is 0 Å². The van der Waals surface area contributed by atoms with Crippen LogP contribution in [-0.2, 0) is 0 Å². The van der Waals surface area contributed by atoms with Crippen molar-refractivity contribution in [1.29, 1.82) is 0 Å². The number of rotatable bonds is 11. The smallest absolute Gasteiger partial charge is 0.269 e. The fraction of sp³-hybridized carbons (Fsp3) is 0.333. The number of nitrogens with one attached hydrogen (secondary N) is 2. The van der Waals surface area contributed by atoms with Crippen molar-refractivity contribution in [3.05, 3.63) is 68.8 Å². The summed E-state index contributed by atoms with van der Waals surface area (Å²) in [4.78, 5) is 20.4. The minimum absolute atomic E-state index is 0.0263. The van der Waals surface area contributed by atoms with Gasteiger partial charge in [-0.2, -0.15) is 0 Å². The molecule has 0 aliphatic carbocycles. The van der Waals surface area contributed by atoms with Crippen LogP contribution in [0.1, 0.15) is 19.3 Å². The molecule has 144 valence electrons. The first-order valence-corrected chi connectivity index (χ1v) is 8.60. The summed E-state index contributed by atoms with van der Waals surface area (Å²) in [6.45, 7) is 0.681. The normalized spacial score (nSPS) is 11.6. The molecular weight excluding hydrogens is 352 g/mol. The number of benzene rings is 2. The number of hydrogen-bond donors (Lipinski definition) is 3. The fourth-order valence-corrected chi connectivity index (χ4v) is 2.57. The number of aliphatic hydroxyl groups excluding tert-OH is 1. The van der Waals surface area contributed by atoms with Crippen molar-refractivity contribution >= 4 is 22.7 Å². The number of nitro benzene ring substituents is 2. The van der Waals surface area contributed by atoms with Crippen LogP contribution in [0.4, 0.5) is 22.7 Å². The first-order chi connectivity index (χ1) is 13.0. The number of hydrogen-bond acceptors (Lipinski definition) is 7. The molecule has 2 aromatic carbocycles. The summed E-state index contributed by atoms with van der Waals surface area (Å²) in [6, 6.07) is 12.2. The van der Waals surface area contributed by atoms with Crippen molar-refractivity contribution < 1.29 is 15.0 Å². The minimum atomic E-state index is -0.453. The van der Waals surface area contributed by atoms with Crippen molar-refractivity contribution in [3.8, 4) is 0 Å². The van der Waals surface area contributed by atoms with Crippen LogP contribution in [0.5, 0.6) is 0 Å². The van der Waals surface area contributed by atoms with Gasteiger partial charge >= 0.3 is 0 Å². The van der Waals surface area contributed by atoms with E-state index in [4.69, 9.17) is 0 Å². The lowest BCUT2D eigenvalue weighted by molar-refractivity contribution is -0.385. The van der Waals surface area contributed by atoms with Gasteiger partial charge in [-0.15, -0.1) is 0 Å². The lowest BCUT2D eigenvalue weighted by atomic mass is 10.1. The molecule has 9 nitrogen and oxygen atoms in total. The summed E-state index contributed by atoms with van der Waals surface area (Å²) in [5, 5.41) is 37.1. The summed E-state index contributed by atoms with van der Waals surface area (Å²) in [5.74, 6) is 0. The zero-order chi connectivity index (χ0) is 19.6. The molecule has 27 heavy (non-hydrogen) atoms. The highest BCUT2D eigenvalue weighted by Crippen LogP contribution is 2.18. The Bertz CT molecular complexity index is 749. The highest BCUT2D eigenvalue weighted by molar-refractivity contribution is 5.49. The quantitative estimate of drug-likeness (QED) is 0.311. The molecule has 0 bridgehead atoms. The molecule has 1 atom stereocenters. The van der Waals surface area contributed by atoms with Gasteiger partial charge in [0.1, 0.15) is 0 Å². The van der Waals surface area contributed by atoms with E-state index in [-0.39, 0.29) is 24.0 Å². The molecule has 0 spiro atoms. The Morgan fingerprint density at radius 1 is 0.852 bits per heavy atom. The van der Waals surface area contributed by atoms with Crippen LogP contribution in [0.15, 0.2) is 48.5 Å². The van der Waals surface area contributed by atoms with Gasteiger partial charge in [0.2, 0.25) is 0 Å². The van der Waals surface area contributed by atoms with Crippen LogP contribution in [0.3, 0.4) is 0 Å². The molecule has 2 aromatic rings. The molecule has 1 unspecified atom stereocenters. The van der Waals surface area contributed by atoms with E-state index in [1.165, 1.54) is 24.3 Å². The van der Waals surface area contributed by atoms with E-state index in [1.807, 2.05) is 0 Å². The standard InChI is InChI=1S/C18H22N4O5/c23-13-16(20-15-6-10-18(11-7-15)22(26)27)3-1-2-12-19-14-4-8-17(9-5-14)21(24)25/h4-11,16,19-20,23H,1-3,12-13H2. The number of aliphatic hydroxyl groups is 1. The summed E-state index contributed by atoms with van der Waals surface area (Å²) in [6.07, 6.45) is 2.48. The van der Waals surface area contributed by atoms with Crippen molar-refractivity contribution in [1.82, 2.24) is 0 Å². The predicted octanol–water partition coefficient (Wildman–Crippen LogP) is 3.56. The maximum Gasteiger partial charge on any atom is 0.269 e. The molecule has 0 aliphatic heterocycles. The van der Waals surface area contributed by atoms with E-state index in [1.54, 1.807) is 24.3 Å². The van der Waals surface area contributed by atoms with Gasteiger partial charge in [-0.25, -0.2) is 0 Å². The molecule has 3 N–H and O–H groups in total. The molecule has 0 saturated carbocycles. The molecular formula is C18H22N4O5. The molecule has 0 saturated heterocycles. The minimum Gasteiger partial charge on any atom is -0.394 e. The van der Waals surface area contributed by atoms with Gasteiger partial charge in [0.05, 0.1) is 16.5 Å². The van der Waals surface area contributed by atoms with E-state index < -0.39 is 9.85 Å². The van der Waals surface area contributed by atoms with Crippen molar-refractivity contribution in [2.24, 2.45) is 0 Å². The van der Waals surface area contributed by atoms with Crippen molar-refractivity contribution in [2.75, 3.05) is 23.8 Å². The molecule has 0 aromatic heterocycles. The van der Waals surface area contributed by atoms with Crippen LogP contribution in [0, 0.1) is 20.2 Å². The summed E-state index contributed by atoms with van der Waals surface area (Å²) < 4.78 is 0. The largest absolute Gasteiger partial charge is 0.394 e. The monoisotopic (exact) mass is 374 g/mol. The molecule has 0 aliphatic rings. The molecule has 0 amide bonds. The van der Waals surface area contributed by atoms with Crippen LogP contribution in [0.25, 0.3) is 0 Å². The molecule has 0 radical (unpaired) electrons. The summed E-state index contributed by atoms with van der Waals surface area (Å²) in [5.41, 5.74) is 1.63. The van der Waals surface area contributed by atoms with Crippen LogP contribution in [-0.4, -0.2) is 34.1 Å². The number of nitrogens with zero attached hydrogens (tertiary/aromatic N) is 2. The van der Waals surface area contributed by atoms with E-state index in [0.29, 0.717) is 6.54 Å². The second kappa shape index (κ2) is 10.1. The number of nitro groups is 2. The Labute approximate surface area is 156 Å². The summed E-state index contributed by atoms with van der Waals surface area (Å²) in [7, 11) is 0. The first kappa shape index (κ1) is 20.1. The third-order valence-corrected chi connectivity index (χ3v) is 4.06. The van der Waals surface area contributed by atoms with E-state index >= 15 is 0 Å². The predicted molar refractivity (Wildman–Crippen MR) is 103 cm³/mol. The second-order valence-corrected chi connectivity index (χ2v) is 6.05. The van der Waals surface area contributed by atoms with Gasteiger partial charge in [-0.1, -0.05) is 0 Å². The van der Waals surface area contributed by atoms with Crippen LogP contribution >= 0.6 is 0 Å². The second-order valence-electron chi connectivity index (χ2n) is 6.05. The Morgan fingerprint density at radius 2 is 1.37 bits per heavy atom. The zero-order valence-electron chi connectivity index (χ0n) is 14.7. The van der Waals surface area contributed by atoms with Gasteiger partial charge in [0.25, 0.3) is 11.4 Å². The average Bonchev–Trinajstić information content (AvgIpc) is 2.67. The number of non-ortho nitro benzene ring substituents is 2. The van der Waals surface area contributed by atoms with E-state index in [0.717, 1.165) is 30.6 Å². The third-order valence-electron chi connectivity index (χ3n) is 4.06. The number of anilines is 2. The fourth-order valence-electron chi connectivity index (χ4n) is 2.57. The Morgan fingerprint density at radius 3 is 1.85 bits per heavy atom. The lowest BCUT2D eigenvalue weighted by Crippen LogP contribution is -2.23. The molecule has 0 fully saturated rings. The third kappa shape index (κ3) is 6.55. The Hall–Kier alpha value is -3.20. The highest BCUT2D eigenvalue weighted by atomic mass is 16.6. The number of unbranched alkanes of at least 4 members (excludes halogenated alkanes) is 1. The maximum absolute atomic E-state index is 10.7.